The van der Waals surface area contributed by atoms with Crippen LogP contribution in [-0.4, -0.2) is 24.0 Å². The van der Waals surface area contributed by atoms with Crippen molar-refractivity contribution in [2.75, 3.05) is 7.11 Å². The highest BCUT2D eigenvalue weighted by Crippen LogP contribution is 2.24. The first-order valence-electron chi connectivity index (χ1n) is 7.90. The summed E-state index contributed by atoms with van der Waals surface area (Å²) in [5.41, 5.74) is 2.01. The third-order valence-electron chi connectivity index (χ3n) is 4.02. The van der Waals surface area contributed by atoms with Gasteiger partial charge in [-0.05, 0) is 36.8 Å². The van der Waals surface area contributed by atoms with Gasteiger partial charge in [0.1, 0.15) is 12.4 Å². The number of fused-ring (bicyclic) bond motifs is 1. The second-order valence-corrected chi connectivity index (χ2v) is 5.65. The number of para-hydroxylation sites is 1. The maximum Gasteiger partial charge on any atom is 0.340 e. The van der Waals surface area contributed by atoms with E-state index in [1.165, 1.54) is 25.3 Å². The number of methoxy groups -OCH3 is 1. The summed E-state index contributed by atoms with van der Waals surface area (Å²) < 4.78 is 23.3. The second kappa shape index (κ2) is 7.31. The molecule has 3 aromatic rings. The fraction of sp³-hybridized carbons (Fsp3) is 0.150. The minimum absolute atomic E-state index is 0.0853. The number of pyridine rings is 1. The standard InChI is InChI=1S/C20H16FNO4/c1-12-15-8-3-4-9-16(15)22-17(18(12)20(24)25-2)11-26-19(23)13-6-5-7-14(21)10-13/h3-10H,11H2,1-2H3. The lowest BCUT2D eigenvalue weighted by Crippen LogP contribution is -2.14. The van der Waals surface area contributed by atoms with E-state index in [0.29, 0.717) is 11.1 Å². The minimum Gasteiger partial charge on any atom is -0.465 e. The summed E-state index contributed by atoms with van der Waals surface area (Å²) in [6.07, 6.45) is 0. The van der Waals surface area contributed by atoms with Crippen LogP contribution < -0.4 is 0 Å². The van der Waals surface area contributed by atoms with Crippen LogP contribution in [-0.2, 0) is 16.1 Å². The summed E-state index contributed by atoms with van der Waals surface area (Å²) in [5, 5.41) is 0.813. The molecule has 0 aliphatic carbocycles. The molecule has 132 valence electrons. The van der Waals surface area contributed by atoms with Gasteiger partial charge in [-0.1, -0.05) is 24.3 Å². The van der Waals surface area contributed by atoms with Crippen LogP contribution in [0.4, 0.5) is 4.39 Å². The van der Waals surface area contributed by atoms with E-state index in [2.05, 4.69) is 4.98 Å². The Labute approximate surface area is 149 Å². The number of hydrogen-bond donors (Lipinski definition) is 0. The number of carbonyl (C=O) groups excluding carboxylic acids is 2. The highest BCUT2D eigenvalue weighted by atomic mass is 19.1. The molecule has 0 fully saturated rings. The molecule has 0 atom stereocenters. The molecule has 5 nitrogen and oxygen atoms in total. The van der Waals surface area contributed by atoms with Crippen molar-refractivity contribution in [3.05, 3.63) is 76.7 Å². The largest absolute Gasteiger partial charge is 0.465 e. The third kappa shape index (κ3) is 3.39. The lowest BCUT2D eigenvalue weighted by Gasteiger charge is -2.13. The highest BCUT2D eigenvalue weighted by Gasteiger charge is 2.20. The molecule has 0 unspecified atom stereocenters. The van der Waals surface area contributed by atoms with Gasteiger partial charge in [0, 0.05) is 5.39 Å². The lowest BCUT2D eigenvalue weighted by atomic mass is 10.0. The summed E-state index contributed by atoms with van der Waals surface area (Å²) in [5.74, 6) is -1.79. The van der Waals surface area contributed by atoms with E-state index < -0.39 is 17.8 Å². The molecule has 0 N–H and O–H groups in total. The molecule has 0 aliphatic rings. The van der Waals surface area contributed by atoms with Gasteiger partial charge in [0.25, 0.3) is 0 Å². The van der Waals surface area contributed by atoms with Crippen LogP contribution in [0.3, 0.4) is 0 Å². The number of carbonyl (C=O) groups is 2. The van der Waals surface area contributed by atoms with Gasteiger partial charge in [0.2, 0.25) is 0 Å². The quantitative estimate of drug-likeness (QED) is 0.667. The van der Waals surface area contributed by atoms with Gasteiger partial charge in [0.05, 0.1) is 29.4 Å². The minimum atomic E-state index is -0.701. The van der Waals surface area contributed by atoms with Crippen molar-refractivity contribution in [3.63, 3.8) is 0 Å². The Hall–Kier alpha value is -3.28. The molecule has 1 aromatic heterocycles. The highest BCUT2D eigenvalue weighted by molar-refractivity contribution is 5.98. The van der Waals surface area contributed by atoms with Gasteiger partial charge in [-0.2, -0.15) is 0 Å². The Bertz CT molecular complexity index is 1000. The average molecular weight is 353 g/mol. The monoisotopic (exact) mass is 353 g/mol. The molecule has 26 heavy (non-hydrogen) atoms. The van der Waals surface area contributed by atoms with Crippen molar-refractivity contribution >= 4 is 22.8 Å². The van der Waals surface area contributed by atoms with Crippen molar-refractivity contribution in [2.45, 2.75) is 13.5 Å². The van der Waals surface area contributed by atoms with Crippen LogP contribution in [0.15, 0.2) is 48.5 Å². The van der Waals surface area contributed by atoms with Gasteiger partial charge in [0.15, 0.2) is 0 Å². The van der Waals surface area contributed by atoms with Gasteiger partial charge in [-0.3, -0.25) is 0 Å². The summed E-state index contributed by atoms with van der Waals surface area (Å²) in [6.45, 7) is 1.56. The first-order chi connectivity index (χ1) is 12.5. The molecular weight excluding hydrogens is 337 g/mol. The molecule has 1 heterocycles. The van der Waals surface area contributed by atoms with E-state index in [4.69, 9.17) is 9.47 Å². The van der Waals surface area contributed by atoms with Gasteiger partial charge in [-0.15, -0.1) is 0 Å². The van der Waals surface area contributed by atoms with Crippen LogP contribution in [0.1, 0.15) is 32.0 Å². The number of hydrogen-bond acceptors (Lipinski definition) is 5. The average Bonchev–Trinajstić information content (AvgIpc) is 2.65. The molecule has 3 rings (SSSR count). The maximum atomic E-state index is 13.3. The number of aryl methyl sites for hydroxylation is 1. The van der Waals surface area contributed by atoms with Crippen LogP contribution in [0.2, 0.25) is 0 Å². The summed E-state index contributed by atoms with van der Waals surface area (Å²) in [7, 11) is 1.28. The van der Waals surface area contributed by atoms with Crippen LogP contribution >= 0.6 is 0 Å². The zero-order chi connectivity index (χ0) is 18.7. The first-order valence-corrected chi connectivity index (χ1v) is 7.90. The fourth-order valence-electron chi connectivity index (χ4n) is 2.75. The Morgan fingerprint density at radius 3 is 2.58 bits per heavy atom. The number of benzene rings is 2. The van der Waals surface area contributed by atoms with Gasteiger partial charge >= 0.3 is 11.9 Å². The summed E-state index contributed by atoms with van der Waals surface area (Å²) in [6, 6.07) is 12.5. The van der Waals surface area contributed by atoms with E-state index in [1.54, 1.807) is 13.0 Å². The zero-order valence-electron chi connectivity index (χ0n) is 14.3. The predicted molar refractivity (Wildman–Crippen MR) is 93.3 cm³/mol. The summed E-state index contributed by atoms with van der Waals surface area (Å²) in [4.78, 5) is 28.8. The lowest BCUT2D eigenvalue weighted by molar-refractivity contribution is 0.0455. The Morgan fingerprint density at radius 2 is 1.85 bits per heavy atom. The van der Waals surface area contributed by atoms with Crippen molar-refractivity contribution in [1.29, 1.82) is 0 Å². The van der Waals surface area contributed by atoms with Crippen molar-refractivity contribution in [3.8, 4) is 0 Å². The fourth-order valence-corrected chi connectivity index (χ4v) is 2.75. The molecule has 0 radical (unpaired) electrons. The molecule has 0 aliphatic heterocycles. The number of esters is 2. The van der Waals surface area contributed by atoms with E-state index in [9.17, 15) is 14.0 Å². The second-order valence-electron chi connectivity index (χ2n) is 5.65. The number of aromatic nitrogens is 1. The zero-order valence-corrected chi connectivity index (χ0v) is 14.3. The first kappa shape index (κ1) is 17.5. The molecule has 0 saturated heterocycles. The molecule has 6 heteroatoms. The van der Waals surface area contributed by atoms with Crippen LogP contribution in [0.25, 0.3) is 10.9 Å². The molecular formula is C20H16FNO4. The molecule has 0 saturated carbocycles. The van der Waals surface area contributed by atoms with E-state index in [1.807, 2.05) is 18.2 Å². The number of rotatable bonds is 4. The van der Waals surface area contributed by atoms with Gasteiger partial charge < -0.3 is 9.47 Å². The van der Waals surface area contributed by atoms with E-state index in [0.717, 1.165) is 11.5 Å². The topological polar surface area (TPSA) is 65.5 Å². The normalized spacial score (nSPS) is 10.6. The van der Waals surface area contributed by atoms with Crippen molar-refractivity contribution in [1.82, 2.24) is 4.98 Å². The smallest absolute Gasteiger partial charge is 0.340 e. The maximum absolute atomic E-state index is 13.3. The van der Waals surface area contributed by atoms with Crippen molar-refractivity contribution in [2.24, 2.45) is 0 Å². The predicted octanol–water partition coefficient (Wildman–Crippen LogP) is 3.83. The number of nitrogens with zero attached hydrogens (tertiary/aromatic N) is 1. The third-order valence-corrected chi connectivity index (χ3v) is 4.02. The number of ether oxygens (including phenoxy) is 2. The van der Waals surface area contributed by atoms with Crippen LogP contribution in [0.5, 0.6) is 0 Å². The van der Waals surface area contributed by atoms with E-state index >= 15 is 0 Å². The molecule has 0 spiro atoms. The Kier molecular flexibility index (Phi) is 4.93. The summed E-state index contributed by atoms with van der Waals surface area (Å²) >= 11 is 0. The number of halogens is 1. The Balaban J connectivity index is 1.96. The van der Waals surface area contributed by atoms with Gasteiger partial charge in [-0.25, -0.2) is 19.0 Å². The SMILES string of the molecule is COC(=O)c1c(COC(=O)c2cccc(F)c2)nc2ccccc2c1C. The van der Waals surface area contributed by atoms with Crippen molar-refractivity contribution < 1.29 is 23.5 Å². The Morgan fingerprint density at radius 1 is 1.08 bits per heavy atom. The molecule has 0 bridgehead atoms. The van der Waals surface area contributed by atoms with Crippen LogP contribution in [0, 0.1) is 12.7 Å². The van der Waals surface area contributed by atoms with E-state index in [-0.39, 0.29) is 23.4 Å². The molecule has 2 aromatic carbocycles. The molecule has 0 amide bonds.